The Bertz CT molecular complexity index is 1520. The van der Waals surface area contributed by atoms with Crippen LogP contribution < -0.4 is 32.3 Å². The van der Waals surface area contributed by atoms with Crippen molar-refractivity contribution in [2.24, 2.45) is 40.0 Å². The SMILES string of the molecule is COC1CC(OC2CCC(NC(=O)C3CCC(N4CCC5(CCC(C6CCC(C7=N[C@@H](C)C8NNC(C)N8C8SC(C)C(C)C78)NC6)CC5)C4)NN3)CC2)CCC1C#N. The van der Waals surface area contributed by atoms with Gasteiger partial charge in [-0.05, 0) is 140 Å². The van der Waals surface area contributed by atoms with Gasteiger partial charge in [-0.1, -0.05) is 13.8 Å². The molecule has 6 aliphatic heterocycles. The third kappa shape index (κ3) is 8.92. The number of amides is 1. The van der Waals surface area contributed by atoms with E-state index in [-0.39, 0.29) is 54.4 Å². The van der Waals surface area contributed by atoms with Crippen molar-refractivity contribution in [3.8, 4) is 6.07 Å². The van der Waals surface area contributed by atoms with Crippen LogP contribution in [0.25, 0.3) is 0 Å². The molecule has 3 aliphatic carbocycles. The maximum absolute atomic E-state index is 13.4. The lowest BCUT2D eigenvalue weighted by molar-refractivity contribution is -0.126. The minimum atomic E-state index is -0.184. The van der Waals surface area contributed by atoms with Crippen molar-refractivity contribution in [3.05, 3.63) is 0 Å². The van der Waals surface area contributed by atoms with Crippen LogP contribution in [0.15, 0.2) is 4.99 Å². The van der Waals surface area contributed by atoms with E-state index >= 15 is 0 Å². The Labute approximate surface area is 358 Å². The van der Waals surface area contributed by atoms with E-state index in [0.717, 1.165) is 82.7 Å². The zero-order valence-electron chi connectivity index (χ0n) is 36.7. The number of nitriles is 1. The van der Waals surface area contributed by atoms with Crippen LogP contribution in [-0.4, -0.2) is 120 Å². The second-order valence-electron chi connectivity index (χ2n) is 20.6. The Hall–Kier alpha value is -1.38. The van der Waals surface area contributed by atoms with Crippen LogP contribution in [0.3, 0.4) is 0 Å². The molecule has 3 saturated carbocycles. The van der Waals surface area contributed by atoms with Gasteiger partial charge in [-0.15, -0.1) is 11.8 Å². The third-order valence-electron chi connectivity index (χ3n) is 17.2. The lowest BCUT2D eigenvalue weighted by atomic mass is 9.65. The molecule has 14 atom stereocenters. The van der Waals surface area contributed by atoms with Gasteiger partial charge < -0.3 is 20.1 Å². The molecular formula is C45H76N10O3S. The number of aliphatic imine (C=N–C) groups is 1. The lowest BCUT2D eigenvalue weighted by Crippen LogP contribution is -2.62. The predicted octanol–water partition coefficient (Wildman–Crippen LogP) is 4.61. The smallest absolute Gasteiger partial charge is 0.238 e. The molecule has 0 aromatic carbocycles. The molecular weight excluding hydrogens is 761 g/mol. The van der Waals surface area contributed by atoms with Gasteiger partial charge in [0.05, 0.1) is 60.2 Å². The third-order valence-corrected chi connectivity index (χ3v) is 18.9. The number of carbonyl (C=O) groups excluding carboxylic acids is 1. The standard InChI is InChI=1S/C45H76N10O3S/c1-26-28(3)59-44-40(26)41(48-27(2)42-53-50-29(4)55(42)44)36-13-7-32(24-47-36)30-16-18-45(19-17-30)20-21-54(25-45)39-15-14-37(51-52-39)43(56)49-33-8-11-34(12-9-33)58-35-10-6-31(23-46)38(22-35)57-5/h26-40,42,44,47,50-53H,6-22,24-25H2,1-5H3,(H,49,56)/t26?,27-,28?,29?,30?,31?,32?,33?,34?,35?,36?,37?,38?,39?,40?,42?,44?,45?/m0/s1. The van der Waals surface area contributed by atoms with Crippen molar-refractivity contribution >= 4 is 23.4 Å². The second-order valence-corrected chi connectivity index (χ2v) is 22.1. The monoisotopic (exact) mass is 837 g/mol. The summed E-state index contributed by atoms with van der Waals surface area (Å²) in [4.78, 5) is 24.3. The van der Waals surface area contributed by atoms with Crippen LogP contribution in [0.2, 0.25) is 0 Å². The van der Waals surface area contributed by atoms with Crippen molar-refractivity contribution in [1.82, 2.24) is 42.1 Å². The molecule has 0 aromatic heterocycles. The highest BCUT2D eigenvalue weighted by Gasteiger charge is 2.54. The van der Waals surface area contributed by atoms with E-state index in [1.807, 2.05) is 0 Å². The molecule has 13 unspecified atom stereocenters. The van der Waals surface area contributed by atoms with Crippen LogP contribution in [0.1, 0.15) is 130 Å². The predicted molar refractivity (Wildman–Crippen MR) is 233 cm³/mol. The van der Waals surface area contributed by atoms with Crippen LogP contribution in [0.5, 0.6) is 0 Å². The van der Waals surface area contributed by atoms with Gasteiger partial charge in [-0.2, -0.15) is 5.26 Å². The van der Waals surface area contributed by atoms with Crippen LogP contribution in [0.4, 0.5) is 0 Å². The number of methoxy groups -OCH3 is 1. The van der Waals surface area contributed by atoms with E-state index in [4.69, 9.17) is 14.5 Å². The van der Waals surface area contributed by atoms with Gasteiger partial charge in [0.15, 0.2) is 0 Å². The first-order valence-electron chi connectivity index (χ1n) is 24.0. The highest BCUT2D eigenvalue weighted by Crippen LogP contribution is 2.51. The summed E-state index contributed by atoms with van der Waals surface area (Å²) in [6.07, 6.45) is 18.9. The molecule has 0 radical (unpaired) electrons. The van der Waals surface area contributed by atoms with E-state index in [2.05, 4.69) is 87.7 Å². The van der Waals surface area contributed by atoms with Crippen molar-refractivity contribution in [3.63, 3.8) is 0 Å². The van der Waals surface area contributed by atoms with Gasteiger partial charge in [0, 0.05) is 55.6 Å². The van der Waals surface area contributed by atoms with Crippen molar-refractivity contribution in [2.45, 2.75) is 202 Å². The minimum absolute atomic E-state index is 0.0235. The fraction of sp³-hybridized carbons (Fsp3) is 0.933. The Balaban J connectivity index is 0.685. The number of likely N-dealkylation sites (tertiary alicyclic amines) is 1. The molecule has 9 rings (SSSR count). The van der Waals surface area contributed by atoms with Crippen molar-refractivity contribution < 1.29 is 14.3 Å². The van der Waals surface area contributed by atoms with Gasteiger partial charge in [-0.25, -0.2) is 21.7 Å². The number of hydrogen-bond acceptors (Lipinski definition) is 13. The first-order valence-corrected chi connectivity index (χ1v) is 24.9. The van der Waals surface area contributed by atoms with Gasteiger partial charge >= 0.3 is 0 Å². The highest BCUT2D eigenvalue weighted by molar-refractivity contribution is 8.00. The number of piperidine rings is 1. The fourth-order valence-electron chi connectivity index (χ4n) is 13.3. The van der Waals surface area contributed by atoms with Crippen molar-refractivity contribution in [1.29, 1.82) is 5.26 Å². The van der Waals surface area contributed by atoms with E-state index in [1.165, 1.54) is 57.2 Å². The molecule has 8 fully saturated rings. The van der Waals surface area contributed by atoms with Gasteiger partial charge in [-0.3, -0.25) is 19.6 Å². The van der Waals surface area contributed by atoms with Crippen LogP contribution in [0, 0.1) is 46.3 Å². The number of thioether (sulfide) groups is 1. The summed E-state index contributed by atoms with van der Waals surface area (Å²) in [5.74, 6) is 2.86. The van der Waals surface area contributed by atoms with E-state index in [9.17, 15) is 10.1 Å². The summed E-state index contributed by atoms with van der Waals surface area (Å²) in [5.41, 5.74) is 16.0. The number of rotatable bonds is 8. The topological polar surface area (TPSA) is 150 Å². The summed E-state index contributed by atoms with van der Waals surface area (Å²) >= 11 is 2.17. The van der Waals surface area contributed by atoms with Crippen LogP contribution >= 0.6 is 11.8 Å². The molecule has 14 heteroatoms. The molecule has 5 saturated heterocycles. The average Bonchev–Trinajstić information content (AvgIpc) is 3.92. The molecule has 9 aliphatic rings. The Kier molecular flexibility index (Phi) is 13.4. The largest absolute Gasteiger partial charge is 0.380 e. The van der Waals surface area contributed by atoms with E-state index < -0.39 is 0 Å². The molecule has 0 bridgehead atoms. The van der Waals surface area contributed by atoms with Gasteiger partial charge in [0.25, 0.3) is 0 Å². The Morgan fingerprint density at radius 2 is 1.69 bits per heavy atom. The Morgan fingerprint density at radius 3 is 2.41 bits per heavy atom. The molecule has 6 N–H and O–H groups in total. The molecule has 1 amide bonds. The number of hydrogen-bond donors (Lipinski definition) is 6. The summed E-state index contributed by atoms with van der Waals surface area (Å²) in [6.45, 7) is 13.0. The first kappa shape index (κ1) is 42.9. The lowest BCUT2D eigenvalue weighted by Gasteiger charge is -2.44. The quantitative estimate of drug-likeness (QED) is 0.203. The Morgan fingerprint density at radius 1 is 0.898 bits per heavy atom. The minimum Gasteiger partial charge on any atom is -0.380 e. The number of hydrazine groups is 2. The highest BCUT2D eigenvalue weighted by atomic mass is 32.2. The number of ether oxygens (including phenoxy) is 2. The molecule has 1 spiro atoms. The zero-order valence-corrected chi connectivity index (χ0v) is 37.5. The molecule has 6 heterocycles. The maximum atomic E-state index is 13.4. The number of nitrogens with one attached hydrogen (secondary N) is 6. The molecule has 13 nitrogen and oxygen atoms in total. The maximum Gasteiger partial charge on any atom is 0.238 e. The average molecular weight is 837 g/mol. The summed E-state index contributed by atoms with van der Waals surface area (Å²) in [5, 5.41) is 18.0. The molecule has 59 heavy (non-hydrogen) atoms. The molecule has 330 valence electrons. The van der Waals surface area contributed by atoms with Crippen molar-refractivity contribution in [2.75, 3.05) is 26.7 Å². The van der Waals surface area contributed by atoms with Gasteiger partial charge in [0.2, 0.25) is 5.91 Å². The summed E-state index contributed by atoms with van der Waals surface area (Å²) in [6, 6.07) is 3.08. The molecule has 0 aromatic rings. The summed E-state index contributed by atoms with van der Waals surface area (Å²) in [7, 11) is 1.70. The van der Waals surface area contributed by atoms with Crippen LogP contribution in [-0.2, 0) is 14.3 Å². The second kappa shape index (κ2) is 18.4. The van der Waals surface area contributed by atoms with E-state index in [1.54, 1.807) is 7.11 Å². The van der Waals surface area contributed by atoms with Gasteiger partial charge in [0.1, 0.15) is 6.04 Å². The number of carbonyl (C=O) groups is 1. The fourth-order valence-corrected chi connectivity index (χ4v) is 15.2. The normalized spacial score (nSPS) is 48.5. The van der Waals surface area contributed by atoms with E-state index in [0.29, 0.717) is 46.2 Å². The first-order chi connectivity index (χ1) is 28.6. The summed E-state index contributed by atoms with van der Waals surface area (Å²) < 4.78 is 12.1. The number of fused-ring (bicyclic) bond motifs is 3. The zero-order chi connectivity index (χ0) is 40.8. The number of nitrogens with zero attached hydrogens (tertiary/aromatic N) is 4.